The molecule has 0 amide bonds. The van der Waals surface area contributed by atoms with E-state index in [2.05, 4.69) is 13.5 Å². The Bertz CT molecular complexity index is 277. The first-order valence-electron chi connectivity index (χ1n) is 3.16. The van der Waals surface area contributed by atoms with Crippen LogP contribution in [0, 0.1) is 0 Å². The Kier molecular flexibility index (Phi) is 3.32. The van der Waals surface area contributed by atoms with E-state index in [0.29, 0.717) is 0 Å². The molecule has 8 heteroatoms. The highest BCUT2D eigenvalue weighted by Gasteiger charge is 2.27. The Morgan fingerprint density at radius 3 is 2.54 bits per heavy atom. The number of ether oxygens (including phenoxy) is 1. The number of rotatable bonds is 3. The van der Waals surface area contributed by atoms with Gasteiger partial charge in [-0.2, -0.15) is 17.5 Å². The molecule has 74 valence electrons. The van der Waals surface area contributed by atoms with Crippen molar-refractivity contribution in [1.29, 1.82) is 0 Å². The summed E-state index contributed by atoms with van der Waals surface area (Å²) in [6.07, 6.45) is -5.25. The van der Waals surface area contributed by atoms with Crippen LogP contribution in [0.2, 0.25) is 5.15 Å². The minimum atomic E-state index is -4.23. The summed E-state index contributed by atoms with van der Waals surface area (Å²) in [5.41, 5.74) is 0. The van der Waals surface area contributed by atoms with E-state index in [4.69, 9.17) is 11.6 Å². The normalized spacial score (nSPS) is 11.7. The number of aromatic nitrogens is 2. The standard InChI is InChI=1S/C5H4ClF3N2OS/c6-3-4(11-13-10-3)12-2-1-5(7,8)9/h1-2H2. The van der Waals surface area contributed by atoms with Crippen LogP contribution in [0.1, 0.15) is 6.42 Å². The summed E-state index contributed by atoms with van der Waals surface area (Å²) in [4.78, 5) is 0. The van der Waals surface area contributed by atoms with E-state index in [1.54, 1.807) is 0 Å². The predicted molar refractivity (Wildman–Crippen MR) is 41.1 cm³/mol. The zero-order chi connectivity index (χ0) is 9.90. The third kappa shape index (κ3) is 3.77. The van der Waals surface area contributed by atoms with E-state index in [0.717, 1.165) is 11.7 Å². The molecule has 0 fully saturated rings. The van der Waals surface area contributed by atoms with Gasteiger partial charge in [-0.25, -0.2) is 0 Å². The monoisotopic (exact) mass is 232 g/mol. The Hall–Kier alpha value is -0.560. The van der Waals surface area contributed by atoms with Crippen LogP contribution in [-0.2, 0) is 0 Å². The minimum Gasteiger partial charge on any atom is -0.474 e. The molecule has 13 heavy (non-hydrogen) atoms. The zero-order valence-electron chi connectivity index (χ0n) is 6.14. The van der Waals surface area contributed by atoms with Gasteiger partial charge in [-0.15, -0.1) is 4.37 Å². The number of halogens is 4. The quantitative estimate of drug-likeness (QED) is 0.803. The van der Waals surface area contributed by atoms with Crippen molar-refractivity contribution in [3.63, 3.8) is 0 Å². The average Bonchev–Trinajstić information content (AvgIpc) is 2.34. The van der Waals surface area contributed by atoms with E-state index in [1.165, 1.54) is 0 Å². The van der Waals surface area contributed by atoms with Crippen LogP contribution in [0.15, 0.2) is 0 Å². The lowest BCUT2D eigenvalue weighted by Crippen LogP contribution is -2.13. The third-order valence-corrected chi connectivity index (χ3v) is 1.90. The smallest absolute Gasteiger partial charge is 0.392 e. The van der Waals surface area contributed by atoms with Gasteiger partial charge in [-0.3, -0.25) is 0 Å². The van der Waals surface area contributed by atoms with Gasteiger partial charge in [0.1, 0.15) is 0 Å². The van der Waals surface area contributed by atoms with Crippen molar-refractivity contribution in [3.05, 3.63) is 5.15 Å². The van der Waals surface area contributed by atoms with E-state index >= 15 is 0 Å². The van der Waals surface area contributed by atoms with Crippen molar-refractivity contribution in [2.75, 3.05) is 6.61 Å². The average molecular weight is 233 g/mol. The first kappa shape index (κ1) is 10.5. The summed E-state index contributed by atoms with van der Waals surface area (Å²) in [6.45, 7) is -0.491. The maximum Gasteiger partial charge on any atom is 0.392 e. The van der Waals surface area contributed by atoms with Gasteiger partial charge in [-0.1, -0.05) is 11.6 Å². The van der Waals surface area contributed by atoms with E-state index in [1.807, 2.05) is 0 Å². The summed E-state index contributed by atoms with van der Waals surface area (Å²) < 4.78 is 46.6. The van der Waals surface area contributed by atoms with Crippen molar-refractivity contribution >= 4 is 23.3 Å². The molecule has 0 N–H and O–H groups in total. The number of nitrogens with zero attached hydrogens (tertiary/aromatic N) is 2. The molecule has 0 spiro atoms. The molecule has 1 aromatic heterocycles. The van der Waals surface area contributed by atoms with Crippen molar-refractivity contribution in [2.24, 2.45) is 0 Å². The molecular weight excluding hydrogens is 229 g/mol. The number of hydrogen-bond donors (Lipinski definition) is 0. The molecule has 0 aliphatic rings. The van der Waals surface area contributed by atoms with Crippen molar-refractivity contribution in [2.45, 2.75) is 12.6 Å². The largest absolute Gasteiger partial charge is 0.474 e. The van der Waals surface area contributed by atoms with Crippen LogP contribution in [0.25, 0.3) is 0 Å². The van der Waals surface area contributed by atoms with Crippen molar-refractivity contribution < 1.29 is 17.9 Å². The third-order valence-electron chi connectivity index (χ3n) is 1.05. The fourth-order valence-corrected chi connectivity index (χ4v) is 1.16. The maximum absolute atomic E-state index is 11.6. The van der Waals surface area contributed by atoms with Gasteiger partial charge in [0.2, 0.25) is 5.15 Å². The van der Waals surface area contributed by atoms with Crippen LogP contribution in [0.5, 0.6) is 5.88 Å². The lowest BCUT2D eigenvalue weighted by atomic mass is 10.4. The van der Waals surface area contributed by atoms with E-state index < -0.39 is 19.2 Å². The van der Waals surface area contributed by atoms with Gasteiger partial charge in [0, 0.05) is 0 Å². The molecule has 0 bridgehead atoms. The Morgan fingerprint density at radius 1 is 1.38 bits per heavy atom. The van der Waals surface area contributed by atoms with Crippen LogP contribution in [-0.4, -0.2) is 21.5 Å². The summed E-state index contributed by atoms with van der Waals surface area (Å²) in [5.74, 6) is -0.0454. The molecule has 0 aliphatic carbocycles. The highest BCUT2D eigenvalue weighted by molar-refractivity contribution is 6.99. The van der Waals surface area contributed by atoms with Crippen molar-refractivity contribution in [3.8, 4) is 5.88 Å². The van der Waals surface area contributed by atoms with Crippen molar-refractivity contribution in [1.82, 2.24) is 8.75 Å². The Labute approximate surface area is 80.8 Å². The Morgan fingerprint density at radius 2 is 2.08 bits per heavy atom. The lowest BCUT2D eigenvalue weighted by Gasteiger charge is -2.05. The molecular formula is C5H4ClF3N2OS. The molecule has 0 unspecified atom stereocenters. The lowest BCUT2D eigenvalue weighted by molar-refractivity contribution is -0.139. The van der Waals surface area contributed by atoms with E-state index in [-0.39, 0.29) is 11.0 Å². The number of hydrogen-bond acceptors (Lipinski definition) is 4. The summed E-state index contributed by atoms with van der Waals surface area (Å²) in [7, 11) is 0. The molecule has 1 heterocycles. The van der Waals surface area contributed by atoms with Gasteiger partial charge in [0.25, 0.3) is 5.88 Å². The summed E-state index contributed by atoms with van der Waals surface area (Å²) in [5, 5.41) is -0.00725. The molecule has 0 saturated carbocycles. The molecule has 0 saturated heterocycles. The van der Waals surface area contributed by atoms with Crippen LogP contribution in [0.3, 0.4) is 0 Å². The summed E-state index contributed by atoms with van der Waals surface area (Å²) in [6, 6.07) is 0. The fourth-order valence-electron chi connectivity index (χ4n) is 0.519. The van der Waals surface area contributed by atoms with Crippen LogP contribution >= 0.6 is 23.3 Å². The second kappa shape index (κ2) is 4.10. The first-order valence-corrected chi connectivity index (χ1v) is 4.27. The molecule has 0 aromatic carbocycles. The van der Waals surface area contributed by atoms with Crippen LogP contribution < -0.4 is 4.74 Å². The SMILES string of the molecule is FC(F)(F)CCOc1nsnc1Cl. The highest BCUT2D eigenvalue weighted by Crippen LogP contribution is 2.23. The second-order valence-corrected chi connectivity index (χ2v) is 2.96. The van der Waals surface area contributed by atoms with Crippen LogP contribution in [0.4, 0.5) is 13.2 Å². The molecule has 0 atom stereocenters. The molecule has 0 radical (unpaired) electrons. The highest BCUT2D eigenvalue weighted by atomic mass is 35.5. The predicted octanol–water partition coefficient (Wildman–Crippen LogP) is 2.52. The van der Waals surface area contributed by atoms with E-state index in [9.17, 15) is 13.2 Å². The molecule has 3 nitrogen and oxygen atoms in total. The molecule has 1 rings (SSSR count). The topological polar surface area (TPSA) is 35.0 Å². The maximum atomic E-state index is 11.6. The Balaban J connectivity index is 2.32. The van der Waals surface area contributed by atoms with Gasteiger partial charge >= 0.3 is 6.18 Å². The molecule has 0 aliphatic heterocycles. The second-order valence-electron chi connectivity index (χ2n) is 2.07. The zero-order valence-corrected chi connectivity index (χ0v) is 7.71. The van der Waals surface area contributed by atoms with Gasteiger partial charge in [0.15, 0.2) is 0 Å². The number of alkyl halides is 3. The van der Waals surface area contributed by atoms with Gasteiger partial charge < -0.3 is 4.74 Å². The van der Waals surface area contributed by atoms with Gasteiger partial charge in [0.05, 0.1) is 24.8 Å². The summed E-state index contributed by atoms with van der Waals surface area (Å²) >= 11 is 6.21. The first-order chi connectivity index (χ1) is 5.99. The minimum absolute atomic E-state index is 0.00725. The van der Waals surface area contributed by atoms with Gasteiger partial charge in [-0.05, 0) is 0 Å². The molecule has 1 aromatic rings. The fraction of sp³-hybridized carbons (Fsp3) is 0.600.